The minimum absolute atomic E-state index is 0.0281. The van der Waals surface area contributed by atoms with E-state index >= 15 is 0 Å². The van der Waals surface area contributed by atoms with Crippen molar-refractivity contribution in [1.29, 1.82) is 0 Å². The molecule has 11 heavy (non-hydrogen) atoms. The summed E-state index contributed by atoms with van der Waals surface area (Å²) < 4.78 is 0. The van der Waals surface area contributed by atoms with E-state index in [1.165, 1.54) is 0 Å². The van der Waals surface area contributed by atoms with Crippen molar-refractivity contribution in [3.8, 4) is 0 Å². The highest BCUT2D eigenvalue weighted by atomic mass is 16.3. The molecule has 1 rings (SSSR count). The van der Waals surface area contributed by atoms with Crippen LogP contribution in [0.5, 0.6) is 0 Å². The molecule has 1 aromatic carbocycles. The van der Waals surface area contributed by atoms with Crippen LogP contribution in [0.3, 0.4) is 0 Å². The number of hydrogen-bond donors (Lipinski definition) is 3. The highest BCUT2D eigenvalue weighted by Gasteiger charge is 2.00. The number of benzene rings is 1. The van der Waals surface area contributed by atoms with E-state index < -0.39 is 0 Å². The molecule has 0 unspecified atom stereocenters. The second-order valence-electron chi connectivity index (χ2n) is 2.35. The maximum atomic E-state index is 8.82. The van der Waals surface area contributed by atoms with Crippen LogP contribution in [0, 0.1) is 0 Å². The lowest BCUT2D eigenvalue weighted by Crippen LogP contribution is -2.04. The first-order chi connectivity index (χ1) is 5.29. The fraction of sp³-hybridized carbons (Fsp3) is 0.250. The predicted molar refractivity (Wildman–Crippen MR) is 44.7 cm³/mol. The second-order valence-corrected chi connectivity index (χ2v) is 2.35. The monoisotopic (exact) mass is 152 g/mol. The zero-order valence-electron chi connectivity index (χ0n) is 6.25. The molecule has 3 nitrogen and oxygen atoms in total. The van der Waals surface area contributed by atoms with Crippen LogP contribution >= 0.6 is 0 Å². The average Bonchev–Trinajstić information content (AvgIpc) is 2.05. The molecule has 0 atom stereocenters. The molecular weight excluding hydrogens is 140 g/mol. The smallest absolute Gasteiger partial charge is 0.0702 e. The van der Waals surface area contributed by atoms with E-state index in [-0.39, 0.29) is 6.61 Å². The van der Waals surface area contributed by atoms with Crippen molar-refractivity contribution in [2.75, 3.05) is 5.73 Å². The second kappa shape index (κ2) is 3.37. The van der Waals surface area contributed by atoms with E-state index in [9.17, 15) is 0 Å². The van der Waals surface area contributed by atoms with E-state index in [2.05, 4.69) is 0 Å². The molecule has 5 N–H and O–H groups in total. The van der Waals surface area contributed by atoms with E-state index in [4.69, 9.17) is 16.6 Å². The molecule has 0 saturated carbocycles. The van der Waals surface area contributed by atoms with Gasteiger partial charge < -0.3 is 16.6 Å². The van der Waals surface area contributed by atoms with Gasteiger partial charge in [0.15, 0.2) is 0 Å². The Morgan fingerprint density at radius 2 is 1.91 bits per heavy atom. The summed E-state index contributed by atoms with van der Waals surface area (Å²) in [6, 6.07) is 5.48. The van der Waals surface area contributed by atoms with Crippen molar-refractivity contribution in [2.24, 2.45) is 5.73 Å². The van der Waals surface area contributed by atoms with Gasteiger partial charge in [0.2, 0.25) is 0 Å². The maximum absolute atomic E-state index is 8.82. The average molecular weight is 152 g/mol. The third kappa shape index (κ3) is 1.50. The molecular formula is C8H12N2O. The standard InChI is InChI=1S/C8H12N2O/c9-4-6-2-1-3-7(5-11)8(6)10/h1-3,11H,4-5,9-10H2. The lowest BCUT2D eigenvalue weighted by Gasteiger charge is -2.06. The van der Waals surface area contributed by atoms with Crippen molar-refractivity contribution in [3.05, 3.63) is 29.3 Å². The first-order valence-electron chi connectivity index (χ1n) is 3.46. The summed E-state index contributed by atoms with van der Waals surface area (Å²) >= 11 is 0. The topological polar surface area (TPSA) is 72.3 Å². The molecule has 0 bridgehead atoms. The first-order valence-corrected chi connectivity index (χ1v) is 3.46. The van der Waals surface area contributed by atoms with Crippen LogP contribution in [-0.4, -0.2) is 5.11 Å². The summed E-state index contributed by atoms with van der Waals surface area (Å²) in [5.41, 5.74) is 13.3. The Hall–Kier alpha value is -1.06. The van der Waals surface area contributed by atoms with Crippen LogP contribution < -0.4 is 11.5 Å². The molecule has 3 heteroatoms. The van der Waals surface area contributed by atoms with Gasteiger partial charge in [-0.2, -0.15) is 0 Å². The zero-order valence-corrected chi connectivity index (χ0v) is 6.25. The minimum atomic E-state index is -0.0281. The largest absolute Gasteiger partial charge is 0.398 e. The molecule has 0 spiro atoms. The molecule has 0 fully saturated rings. The van der Waals surface area contributed by atoms with E-state index in [1.807, 2.05) is 12.1 Å². The highest BCUT2D eigenvalue weighted by Crippen LogP contribution is 2.16. The van der Waals surface area contributed by atoms with Gasteiger partial charge in [-0.3, -0.25) is 0 Å². The summed E-state index contributed by atoms with van der Waals surface area (Å²) in [5, 5.41) is 8.82. The predicted octanol–water partition coefficient (Wildman–Crippen LogP) is 0.220. The molecule has 0 heterocycles. The van der Waals surface area contributed by atoms with Crippen LogP contribution in [0.4, 0.5) is 5.69 Å². The number of anilines is 1. The number of hydrogen-bond acceptors (Lipinski definition) is 3. The van der Waals surface area contributed by atoms with Crippen LogP contribution in [0.1, 0.15) is 11.1 Å². The molecule has 1 aromatic rings. The van der Waals surface area contributed by atoms with Gasteiger partial charge in [-0.1, -0.05) is 18.2 Å². The molecule has 0 aliphatic carbocycles. The van der Waals surface area contributed by atoms with Crippen LogP contribution in [0.15, 0.2) is 18.2 Å². The number of para-hydroxylation sites is 1. The molecule has 0 amide bonds. The summed E-state index contributed by atoms with van der Waals surface area (Å²) in [5.74, 6) is 0. The van der Waals surface area contributed by atoms with Crippen molar-refractivity contribution in [3.63, 3.8) is 0 Å². The number of rotatable bonds is 2. The lowest BCUT2D eigenvalue weighted by atomic mass is 10.1. The molecule has 0 saturated heterocycles. The minimum Gasteiger partial charge on any atom is -0.398 e. The molecule has 0 aliphatic rings. The number of nitrogens with two attached hydrogens (primary N) is 2. The van der Waals surface area contributed by atoms with E-state index in [1.54, 1.807) is 6.07 Å². The Labute approximate surface area is 65.6 Å². The van der Waals surface area contributed by atoms with Gasteiger partial charge >= 0.3 is 0 Å². The highest BCUT2D eigenvalue weighted by molar-refractivity contribution is 5.53. The summed E-state index contributed by atoms with van der Waals surface area (Å²) in [7, 11) is 0. The van der Waals surface area contributed by atoms with Gasteiger partial charge in [0, 0.05) is 17.8 Å². The number of aliphatic hydroxyl groups excluding tert-OH is 1. The van der Waals surface area contributed by atoms with Crippen molar-refractivity contribution < 1.29 is 5.11 Å². The van der Waals surface area contributed by atoms with Crippen LogP contribution in [-0.2, 0) is 13.2 Å². The molecule has 0 aromatic heterocycles. The summed E-state index contributed by atoms with van der Waals surface area (Å²) in [6.07, 6.45) is 0. The zero-order chi connectivity index (χ0) is 8.27. The van der Waals surface area contributed by atoms with Gasteiger partial charge in [-0.15, -0.1) is 0 Å². The van der Waals surface area contributed by atoms with Crippen molar-refractivity contribution in [1.82, 2.24) is 0 Å². The third-order valence-electron chi connectivity index (χ3n) is 1.68. The fourth-order valence-electron chi connectivity index (χ4n) is 0.982. The Morgan fingerprint density at radius 3 is 2.45 bits per heavy atom. The quantitative estimate of drug-likeness (QED) is 0.531. The third-order valence-corrected chi connectivity index (χ3v) is 1.68. The summed E-state index contributed by atoms with van der Waals surface area (Å²) in [4.78, 5) is 0. The lowest BCUT2D eigenvalue weighted by molar-refractivity contribution is 0.282. The Bertz CT molecular complexity index is 226. The maximum Gasteiger partial charge on any atom is 0.0702 e. The van der Waals surface area contributed by atoms with Gasteiger partial charge in [-0.25, -0.2) is 0 Å². The van der Waals surface area contributed by atoms with E-state index in [0.29, 0.717) is 12.2 Å². The number of nitrogen functional groups attached to an aromatic ring is 1. The first kappa shape index (κ1) is 8.04. The van der Waals surface area contributed by atoms with E-state index in [0.717, 1.165) is 11.1 Å². The normalized spacial score (nSPS) is 10.0. The van der Waals surface area contributed by atoms with Gasteiger partial charge in [0.25, 0.3) is 0 Å². The Morgan fingerprint density at radius 1 is 1.27 bits per heavy atom. The molecule has 0 radical (unpaired) electrons. The Kier molecular flexibility index (Phi) is 2.46. The van der Waals surface area contributed by atoms with Gasteiger partial charge in [-0.05, 0) is 5.56 Å². The van der Waals surface area contributed by atoms with Gasteiger partial charge in [0.05, 0.1) is 6.61 Å². The SMILES string of the molecule is NCc1cccc(CO)c1N. The fourth-order valence-corrected chi connectivity index (χ4v) is 0.982. The summed E-state index contributed by atoms with van der Waals surface area (Å²) in [6.45, 7) is 0.388. The van der Waals surface area contributed by atoms with Crippen molar-refractivity contribution >= 4 is 5.69 Å². The van der Waals surface area contributed by atoms with Crippen molar-refractivity contribution in [2.45, 2.75) is 13.2 Å². The molecule has 60 valence electrons. The molecule has 0 aliphatic heterocycles. The Balaban J connectivity index is 3.10. The van der Waals surface area contributed by atoms with Crippen LogP contribution in [0.2, 0.25) is 0 Å². The van der Waals surface area contributed by atoms with Gasteiger partial charge in [0.1, 0.15) is 0 Å². The van der Waals surface area contributed by atoms with Crippen LogP contribution in [0.25, 0.3) is 0 Å². The number of aliphatic hydroxyl groups is 1.